The van der Waals surface area contributed by atoms with E-state index in [1.54, 1.807) is 22.9 Å². The van der Waals surface area contributed by atoms with E-state index in [1.807, 2.05) is 29.6 Å². The number of thiazole rings is 1. The fraction of sp³-hybridized carbons (Fsp3) is 0.235. The zero-order valence-electron chi connectivity index (χ0n) is 13.3. The molecule has 0 aromatic carbocycles. The SMILES string of the molecule is O=C(Nc1ccc(N2CCOCC2)cn1)c1csc(-c2cccs2)n1. The molecule has 3 aromatic heterocycles. The van der Waals surface area contributed by atoms with Crippen LogP contribution >= 0.6 is 22.7 Å². The number of hydrogen-bond acceptors (Lipinski definition) is 7. The van der Waals surface area contributed by atoms with Gasteiger partial charge in [0, 0.05) is 18.5 Å². The second-order valence-electron chi connectivity index (χ2n) is 5.47. The Morgan fingerprint density at radius 2 is 2.08 bits per heavy atom. The molecule has 6 nitrogen and oxygen atoms in total. The molecular weight excluding hydrogens is 356 g/mol. The van der Waals surface area contributed by atoms with E-state index < -0.39 is 0 Å². The van der Waals surface area contributed by atoms with Crippen LogP contribution in [0.4, 0.5) is 11.5 Å². The maximum absolute atomic E-state index is 12.4. The van der Waals surface area contributed by atoms with Crippen molar-refractivity contribution in [3.8, 4) is 9.88 Å². The van der Waals surface area contributed by atoms with Crippen LogP contribution in [-0.2, 0) is 4.74 Å². The number of morpholine rings is 1. The maximum atomic E-state index is 12.4. The zero-order valence-corrected chi connectivity index (χ0v) is 15.0. The first kappa shape index (κ1) is 16.2. The largest absolute Gasteiger partial charge is 0.378 e. The minimum atomic E-state index is -0.245. The van der Waals surface area contributed by atoms with E-state index in [4.69, 9.17) is 4.74 Å². The molecule has 1 N–H and O–H groups in total. The summed E-state index contributed by atoms with van der Waals surface area (Å²) < 4.78 is 5.35. The second kappa shape index (κ2) is 7.30. The van der Waals surface area contributed by atoms with Crippen LogP contribution < -0.4 is 10.2 Å². The molecule has 25 heavy (non-hydrogen) atoms. The van der Waals surface area contributed by atoms with Gasteiger partial charge in [0.25, 0.3) is 5.91 Å². The van der Waals surface area contributed by atoms with E-state index >= 15 is 0 Å². The van der Waals surface area contributed by atoms with E-state index in [-0.39, 0.29) is 5.91 Å². The molecule has 128 valence electrons. The number of aromatic nitrogens is 2. The summed E-state index contributed by atoms with van der Waals surface area (Å²) in [6, 6.07) is 7.75. The molecule has 1 aliphatic rings. The lowest BCUT2D eigenvalue weighted by atomic mass is 10.3. The van der Waals surface area contributed by atoms with Gasteiger partial charge in [0.1, 0.15) is 16.5 Å². The standard InChI is InChI=1S/C17H16N4O2S2/c22-16(13-11-25-17(19-13)14-2-1-9-24-14)20-15-4-3-12(10-18-15)21-5-7-23-8-6-21/h1-4,9-11H,5-8H2,(H,18,20,22). The fourth-order valence-corrected chi connectivity index (χ4v) is 4.15. The fourth-order valence-electron chi connectivity index (χ4n) is 2.54. The van der Waals surface area contributed by atoms with Crippen LogP contribution in [0.2, 0.25) is 0 Å². The van der Waals surface area contributed by atoms with Gasteiger partial charge >= 0.3 is 0 Å². The van der Waals surface area contributed by atoms with Gasteiger partial charge < -0.3 is 15.0 Å². The molecule has 8 heteroatoms. The van der Waals surface area contributed by atoms with Gasteiger partial charge in [-0.15, -0.1) is 22.7 Å². The molecule has 1 amide bonds. The first-order chi connectivity index (χ1) is 12.3. The molecule has 1 aliphatic heterocycles. The van der Waals surface area contributed by atoms with Crippen molar-refractivity contribution in [2.24, 2.45) is 0 Å². The third kappa shape index (κ3) is 3.71. The van der Waals surface area contributed by atoms with Gasteiger partial charge in [0.15, 0.2) is 0 Å². The molecule has 0 radical (unpaired) electrons. The van der Waals surface area contributed by atoms with Crippen molar-refractivity contribution in [1.82, 2.24) is 9.97 Å². The van der Waals surface area contributed by atoms with Gasteiger partial charge in [-0.25, -0.2) is 9.97 Å². The van der Waals surface area contributed by atoms with Crippen molar-refractivity contribution < 1.29 is 9.53 Å². The van der Waals surface area contributed by atoms with Crippen LogP contribution in [0, 0.1) is 0 Å². The van der Waals surface area contributed by atoms with Crippen molar-refractivity contribution in [2.75, 3.05) is 36.5 Å². The summed E-state index contributed by atoms with van der Waals surface area (Å²) in [5.41, 5.74) is 1.45. The highest BCUT2D eigenvalue weighted by Gasteiger charge is 2.14. The average Bonchev–Trinajstić information content (AvgIpc) is 3.35. The average molecular weight is 372 g/mol. The van der Waals surface area contributed by atoms with Crippen molar-refractivity contribution in [3.05, 3.63) is 46.9 Å². The number of anilines is 2. The number of pyridine rings is 1. The number of carbonyl (C=O) groups excluding carboxylic acids is 1. The highest BCUT2D eigenvalue weighted by molar-refractivity contribution is 7.20. The number of ether oxygens (including phenoxy) is 1. The molecule has 0 atom stereocenters. The minimum Gasteiger partial charge on any atom is -0.378 e. The predicted octanol–water partition coefficient (Wildman–Crippen LogP) is 3.36. The monoisotopic (exact) mass is 372 g/mol. The molecule has 0 spiro atoms. The van der Waals surface area contributed by atoms with E-state index in [1.165, 1.54) is 11.3 Å². The quantitative estimate of drug-likeness (QED) is 0.761. The number of nitrogens with zero attached hydrogens (tertiary/aromatic N) is 3. The van der Waals surface area contributed by atoms with Gasteiger partial charge in [0.2, 0.25) is 0 Å². The topological polar surface area (TPSA) is 67.4 Å². The predicted molar refractivity (Wildman–Crippen MR) is 101 cm³/mol. The second-order valence-corrected chi connectivity index (χ2v) is 7.28. The normalized spacial score (nSPS) is 14.5. The van der Waals surface area contributed by atoms with Crippen molar-refractivity contribution in [1.29, 1.82) is 0 Å². The summed E-state index contributed by atoms with van der Waals surface area (Å²) in [5.74, 6) is 0.276. The van der Waals surface area contributed by atoms with Crippen molar-refractivity contribution in [3.63, 3.8) is 0 Å². The van der Waals surface area contributed by atoms with E-state index in [0.717, 1.165) is 41.9 Å². The number of amides is 1. The Morgan fingerprint density at radius 1 is 1.20 bits per heavy atom. The maximum Gasteiger partial charge on any atom is 0.276 e. The third-order valence-electron chi connectivity index (χ3n) is 3.83. The summed E-state index contributed by atoms with van der Waals surface area (Å²) >= 11 is 3.08. The Hall–Kier alpha value is -2.29. The number of hydrogen-bond donors (Lipinski definition) is 1. The number of nitrogens with one attached hydrogen (secondary N) is 1. The van der Waals surface area contributed by atoms with Crippen LogP contribution in [0.5, 0.6) is 0 Å². The van der Waals surface area contributed by atoms with Crippen LogP contribution in [0.25, 0.3) is 9.88 Å². The Bertz CT molecular complexity index is 840. The smallest absolute Gasteiger partial charge is 0.276 e. The Kier molecular flexibility index (Phi) is 4.73. The summed E-state index contributed by atoms with van der Waals surface area (Å²) in [4.78, 5) is 24.4. The molecule has 1 fully saturated rings. The van der Waals surface area contributed by atoms with E-state index in [9.17, 15) is 4.79 Å². The van der Waals surface area contributed by atoms with Crippen LogP contribution in [-0.4, -0.2) is 42.2 Å². The molecule has 4 rings (SSSR count). The molecular formula is C17H16N4O2S2. The Morgan fingerprint density at radius 3 is 2.80 bits per heavy atom. The van der Waals surface area contributed by atoms with E-state index in [2.05, 4.69) is 20.2 Å². The highest BCUT2D eigenvalue weighted by atomic mass is 32.1. The van der Waals surface area contributed by atoms with Gasteiger partial charge in [-0.3, -0.25) is 4.79 Å². The van der Waals surface area contributed by atoms with E-state index in [0.29, 0.717) is 11.5 Å². The summed E-state index contributed by atoms with van der Waals surface area (Å²) in [5, 5.41) is 7.43. The van der Waals surface area contributed by atoms with Gasteiger partial charge in [-0.1, -0.05) is 6.07 Å². The van der Waals surface area contributed by atoms with Crippen LogP contribution in [0.3, 0.4) is 0 Å². The third-order valence-corrected chi connectivity index (χ3v) is 5.72. The molecule has 0 saturated carbocycles. The Balaban J connectivity index is 1.42. The lowest BCUT2D eigenvalue weighted by Gasteiger charge is -2.28. The summed E-state index contributed by atoms with van der Waals surface area (Å²) in [7, 11) is 0. The molecule has 0 unspecified atom stereocenters. The summed E-state index contributed by atoms with van der Waals surface area (Å²) in [6.45, 7) is 3.18. The van der Waals surface area contributed by atoms with Gasteiger partial charge in [-0.2, -0.15) is 0 Å². The Labute approximate surface area is 153 Å². The van der Waals surface area contributed by atoms with Crippen LogP contribution in [0.1, 0.15) is 10.5 Å². The van der Waals surface area contributed by atoms with Crippen molar-refractivity contribution >= 4 is 40.1 Å². The molecule has 3 aromatic rings. The molecule has 1 saturated heterocycles. The zero-order chi connectivity index (χ0) is 17.1. The number of carbonyl (C=O) groups is 1. The first-order valence-electron chi connectivity index (χ1n) is 7.89. The minimum absolute atomic E-state index is 0.245. The molecule has 0 bridgehead atoms. The van der Waals surface area contributed by atoms with Crippen molar-refractivity contribution in [2.45, 2.75) is 0 Å². The van der Waals surface area contributed by atoms with Gasteiger partial charge in [-0.05, 0) is 23.6 Å². The van der Waals surface area contributed by atoms with Crippen LogP contribution in [0.15, 0.2) is 41.2 Å². The van der Waals surface area contributed by atoms with Gasteiger partial charge in [0.05, 0.1) is 30.0 Å². The lowest BCUT2D eigenvalue weighted by Crippen LogP contribution is -2.36. The first-order valence-corrected chi connectivity index (χ1v) is 9.65. The highest BCUT2D eigenvalue weighted by Crippen LogP contribution is 2.28. The number of thiophene rings is 1. The molecule has 4 heterocycles. The summed E-state index contributed by atoms with van der Waals surface area (Å²) in [6.07, 6.45) is 1.78. The number of rotatable bonds is 4. The molecule has 0 aliphatic carbocycles. The lowest BCUT2D eigenvalue weighted by molar-refractivity contribution is 0.102.